The molecule has 1 atom stereocenters. The molecule has 0 saturated heterocycles. The smallest absolute Gasteiger partial charge is 0.337 e. The molecule has 0 aliphatic rings. The first-order valence-electron chi connectivity index (χ1n) is 7.60. The lowest BCUT2D eigenvalue weighted by Gasteiger charge is -2.20. The van der Waals surface area contributed by atoms with Gasteiger partial charge in [-0.1, -0.05) is 6.58 Å². The van der Waals surface area contributed by atoms with Crippen molar-refractivity contribution in [2.45, 2.75) is 32.8 Å². The summed E-state index contributed by atoms with van der Waals surface area (Å²) in [6.07, 6.45) is -4.98. The SMILES string of the molecule is C=C(C(=O)OCC)C(OC(C)=O)c1c(F)cc(OCCC(F)F)cc1F. The van der Waals surface area contributed by atoms with E-state index in [1.165, 1.54) is 6.92 Å². The number of halogens is 4. The zero-order chi connectivity index (χ0) is 19.9. The van der Waals surface area contributed by atoms with Crippen molar-refractivity contribution in [3.05, 3.63) is 41.5 Å². The Labute approximate surface area is 147 Å². The number of carbonyl (C=O) groups is 2. The van der Waals surface area contributed by atoms with E-state index in [0.29, 0.717) is 0 Å². The van der Waals surface area contributed by atoms with Gasteiger partial charge < -0.3 is 14.2 Å². The fourth-order valence-corrected chi connectivity index (χ4v) is 1.96. The fraction of sp³-hybridized carbons (Fsp3) is 0.412. The van der Waals surface area contributed by atoms with Crippen LogP contribution in [0.1, 0.15) is 31.9 Å². The van der Waals surface area contributed by atoms with Gasteiger partial charge in [0, 0.05) is 25.5 Å². The molecule has 0 aromatic heterocycles. The van der Waals surface area contributed by atoms with Crippen LogP contribution in [0.15, 0.2) is 24.3 Å². The van der Waals surface area contributed by atoms with E-state index in [1.807, 2.05) is 0 Å². The summed E-state index contributed by atoms with van der Waals surface area (Å²) in [5.41, 5.74) is -1.23. The fourth-order valence-electron chi connectivity index (χ4n) is 1.96. The maximum atomic E-state index is 14.4. The molecule has 0 N–H and O–H groups in total. The van der Waals surface area contributed by atoms with Crippen LogP contribution < -0.4 is 4.74 Å². The molecule has 1 aromatic carbocycles. The number of esters is 2. The summed E-state index contributed by atoms with van der Waals surface area (Å²) >= 11 is 0. The minimum absolute atomic E-state index is 0.0213. The first-order valence-corrected chi connectivity index (χ1v) is 7.60. The van der Waals surface area contributed by atoms with Crippen LogP contribution >= 0.6 is 0 Å². The van der Waals surface area contributed by atoms with Gasteiger partial charge in [-0.25, -0.2) is 22.4 Å². The van der Waals surface area contributed by atoms with Crippen molar-refractivity contribution in [1.82, 2.24) is 0 Å². The Morgan fingerprint density at radius 3 is 2.23 bits per heavy atom. The second kappa shape index (κ2) is 9.79. The van der Waals surface area contributed by atoms with Gasteiger partial charge >= 0.3 is 11.9 Å². The summed E-state index contributed by atoms with van der Waals surface area (Å²) in [5, 5.41) is 0. The average Bonchev–Trinajstić information content (AvgIpc) is 2.52. The van der Waals surface area contributed by atoms with Crippen molar-refractivity contribution in [2.75, 3.05) is 13.2 Å². The molecule has 0 radical (unpaired) electrons. The summed E-state index contributed by atoms with van der Waals surface area (Å²) in [7, 11) is 0. The van der Waals surface area contributed by atoms with E-state index in [1.54, 1.807) is 0 Å². The molecular formula is C17H18F4O5. The third-order valence-corrected chi connectivity index (χ3v) is 3.06. The zero-order valence-corrected chi connectivity index (χ0v) is 14.2. The van der Waals surface area contributed by atoms with E-state index in [0.717, 1.165) is 19.1 Å². The quantitative estimate of drug-likeness (QED) is 0.372. The second-order valence-electron chi connectivity index (χ2n) is 5.06. The van der Waals surface area contributed by atoms with Crippen LogP contribution in [-0.2, 0) is 19.1 Å². The van der Waals surface area contributed by atoms with Crippen molar-refractivity contribution >= 4 is 11.9 Å². The van der Waals surface area contributed by atoms with E-state index in [9.17, 15) is 27.2 Å². The van der Waals surface area contributed by atoms with E-state index >= 15 is 0 Å². The van der Waals surface area contributed by atoms with Crippen molar-refractivity contribution < 1.29 is 41.4 Å². The van der Waals surface area contributed by atoms with Crippen molar-refractivity contribution in [1.29, 1.82) is 0 Å². The standard InChI is InChI=1S/C17H18F4O5/c1-4-24-17(23)9(2)16(26-10(3)22)15-12(18)7-11(8-13(15)19)25-6-5-14(20)21/h7-8,14,16H,2,4-6H2,1,3H3. The Morgan fingerprint density at radius 2 is 1.77 bits per heavy atom. The van der Waals surface area contributed by atoms with Gasteiger partial charge in [0.25, 0.3) is 0 Å². The highest BCUT2D eigenvalue weighted by atomic mass is 19.3. The van der Waals surface area contributed by atoms with Gasteiger partial charge in [0.15, 0.2) is 6.10 Å². The number of alkyl halides is 2. The van der Waals surface area contributed by atoms with Crippen molar-refractivity contribution in [2.24, 2.45) is 0 Å². The monoisotopic (exact) mass is 378 g/mol. The Morgan fingerprint density at radius 1 is 1.19 bits per heavy atom. The maximum absolute atomic E-state index is 14.4. The largest absolute Gasteiger partial charge is 0.493 e. The Bertz CT molecular complexity index is 652. The summed E-state index contributed by atoms with van der Waals surface area (Å²) < 4.78 is 67.3. The van der Waals surface area contributed by atoms with Gasteiger partial charge in [0.2, 0.25) is 6.43 Å². The molecule has 144 valence electrons. The third kappa shape index (κ3) is 6.05. The molecule has 0 saturated carbocycles. The molecule has 0 fully saturated rings. The van der Waals surface area contributed by atoms with Gasteiger partial charge in [0.1, 0.15) is 17.4 Å². The van der Waals surface area contributed by atoms with Crippen molar-refractivity contribution in [3.63, 3.8) is 0 Å². The summed E-state index contributed by atoms with van der Waals surface area (Å²) in [4.78, 5) is 23.0. The number of rotatable bonds is 9. The molecular weight excluding hydrogens is 360 g/mol. The molecule has 0 aliphatic carbocycles. The van der Waals surface area contributed by atoms with Crippen LogP contribution in [0.3, 0.4) is 0 Å². The molecule has 1 rings (SSSR count). The first-order chi connectivity index (χ1) is 12.2. The minimum Gasteiger partial charge on any atom is -0.493 e. The Kier molecular flexibility index (Phi) is 8.08. The van der Waals surface area contributed by atoms with Gasteiger partial charge in [-0.3, -0.25) is 4.79 Å². The van der Waals surface area contributed by atoms with Crippen LogP contribution in [0.2, 0.25) is 0 Å². The topological polar surface area (TPSA) is 61.8 Å². The van der Waals surface area contributed by atoms with Gasteiger partial charge in [-0.15, -0.1) is 0 Å². The van der Waals surface area contributed by atoms with E-state index in [-0.39, 0.29) is 12.4 Å². The van der Waals surface area contributed by atoms with Crippen molar-refractivity contribution in [3.8, 4) is 5.75 Å². The summed E-state index contributed by atoms with van der Waals surface area (Å²) in [6, 6.07) is 1.47. The van der Waals surface area contributed by atoms with E-state index < -0.39 is 60.3 Å². The number of carbonyl (C=O) groups excluding carboxylic acids is 2. The van der Waals surface area contributed by atoms with Gasteiger partial charge in [0.05, 0.1) is 24.4 Å². The minimum atomic E-state index is -2.62. The normalized spacial score (nSPS) is 11.8. The number of hydrogen-bond acceptors (Lipinski definition) is 5. The molecule has 0 aliphatic heterocycles. The predicted molar refractivity (Wildman–Crippen MR) is 82.8 cm³/mol. The van der Waals surface area contributed by atoms with Crippen LogP contribution in [0.5, 0.6) is 5.75 Å². The highest BCUT2D eigenvalue weighted by Gasteiger charge is 2.31. The molecule has 0 bridgehead atoms. The van der Waals surface area contributed by atoms with Crippen LogP contribution in [0.4, 0.5) is 17.6 Å². The highest BCUT2D eigenvalue weighted by molar-refractivity contribution is 5.89. The summed E-state index contributed by atoms with van der Waals surface area (Å²) in [6.45, 7) is 5.41. The lowest BCUT2D eigenvalue weighted by Crippen LogP contribution is -2.20. The lowest BCUT2D eigenvalue weighted by atomic mass is 10.0. The summed E-state index contributed by atoms with van der Waals surface area (Å²) in [5.74, 6) is -4.62. The molecule has 26 heavy (non-hydrogen) atoms. The molecule has 0 amide bonds. The lowest BCUT2D eigenvalue weighted by molar-refractivity contribution is -0.148. The Balaban J connectivity index is 3.15. The van der Waals surface area contributed by atoms with Crippen LogP contribution in [0.25, 0.3) is 0 Å². The Hall–Kier alpha value is -2.58. The van der Waals surface area contributed by atoms with Gasteiger partial charge in [-0.05, 0) is 6.92 Å². The predicted octanol–water partition coefficient (Wildman–Crippen LogP) is 3.72. The molecule has 0 spiro atoms. The van der Waals surface area contributed by atoms with Gasteiger partial charge in [-0.2, -0.15) is 0 Å². The van der Waals surface area contributed by atoms with E-state index in [4.69, 9.17) is 14.2 Å². The number of ether oxygens (including phenoxy) is 3. The molecule has 1 aromatic rings. The highest BCUT2D eigenvalue weighted by Crippen LogP contribution is 2.33. The van der Waals surface area contributed by atoms with Crippen LogP contribution in [0, 0.1) is 11.6 Å². The third-order valence-electron chi connectivity index (χ3n) is 3.06. The number of hydrogen-bond donors (Lipinski definition) is 0. The van der Waals surface area contributed by atoms with E-state index in [2.05, 4.69) is 6.58 Å². The molecule has 5 nitrogen and oxygen atoms in total. The molecule has 1 unspecified atom stereocenters. The second-order valence-corrected chi connectivity index (χ2v) is 5.06. The maximum Gasteiger partial charge on any atom is 0.337 e. The number of benzene rings is 1. The zero-order valence-electron chi connectivity index (χ0n) is 14.2. The molecule has 9 heteroatoms. The molecule has 0 heterocycles. The first kappa shape index (κ1) is 21.5. The average molecular weight is 378 g/mol. The van der Waals surface area contributed by atoms with Crippen LogP contribution in [-0.4, -0.2) is 31.6 Å².